The number of anilines is 1. The van der Waals surface area contributed by atoms with Gasteiger partial charge < -0.3 is 10.8 Å². The van der Waals surface area contributed by atoms with E-state index in [1.54, 1.807) is 18.2 Å². The summed E-state index contributed by atoms with van der Waals surface area (Å²) in [5.41, 5.74) is 5.89. The van der Waals surface area contributed by atoms with E-state index in [1.807, 2.05) is 0 Å². The molecule has 0 heterocycles. The Morgan fingerprint density at radius 1 is 1.33 bits per heavy atom. The van der Waals surface area contributed by atoms with Gasteiger partial charge in [-0.25, -0.2) is 0 Å². The van der Waals surface area contributed by atoms with E-state index in [-0.39, 0.29) is 41.3 Å². The van der Waals surface area contributed by atoms with Crippen LogP contribution < -0.4 is 5.73 Å². The van der Waals surface area contributed by atoms with E-state index in [9.17, 15) is 0 Å². The number of nitrogen functional groups attached to an aromatic ring is 1. The van der Waals surface area contributed by atoms with Crippen LogP contribution in [0, 0.1) is 35.6 Å². The monoisotopic (exact) mass is 248 g/mol. The number of phenolic OH excluding ortho intramolecular Hbond substituents is 1. The van der Waals surface area contributed by atoms with Crippen LogP contribution >= 0.6 is 0 Å². The van der Waals surface area contributed by atoms with Crippen LogP contribution in [0.15, 0.2) is 24.3 Å². The number of phenols is 1. The molecule has 0 aliphatic heterocycles. The third kappa shape index (κ3) is 2.89. The van der Waals surface area contributed by atoms with Crippen LogP contribution in [0.4, 0.5) is 5.69 Å². The van der Waals surface area contributed by atoms with Gasteiger partial charge in [-0.1, -0.05) is 6.07 Å². The van der Waals surface area contributed by atoms with E-state index in [1.165, 1.54) is 6.07 Å². The molecule has 0 unspecified atom stereocenters. The molecule has 45 valence electrons. The van der Waals surface area contributed by atoms with Gasteiger partial charge in [-0.3, -0.25) is 0 Å². The molecular formula is C6H7LaNO. The molecule has 0 amide bonds. The normalized spacial score (nSPS) is 8.00. The van der Waals surface area contributed by atoms with Gasteiger partial charge in [-0.05, 0) is 12.1 Å². The van der Waals surface area contributed by atoms with Crippen molar-refractivity contribution in [1.29, 1.82) is 0 Å². The first kappa shape index (κ1) is 9.01. The van der Waals surface area contributed by atoms with Crippen LogP contribution in [-0.2, 0) is 0 Å². The van der Waals surface area contributed by atoms with Gasteiger partial charge in [0.2, 0.25) is 0 Å². The summed E-state index contributed by atoms with van der Waals surface area (Å²) in [6, 6.07) is 6.50. The first-order chi connectivity index (χ1) is 3.79. The third-order valence-electron chi connectivity index (χ3n) is 0.870. The van der Waals surface area contributed by atoms with Crippen LogP contribution in [0.5, 0.6) is 5.75 Å². The second-order valence-corrected chi connectivity index (χ2v) is 1.59. The standard InChI is InChI=1S/C6H7NO.La/c7-5-2-1-3-6(8)4-5;/h1-4,8H,7H2;. The van der Waals surface area contributed by atoms with Gasteiger partial charge in [0.15, 0.2) is 0 Å². The fourth-order valence-corrected chi connectivity index (χ4v) is 0.525. The predicted molar refractivity (Wildman–Crippen MR) is 32.5 cm³/mol. The Kier molecular flexibility index (Phi) is 3.94. The number of hydrogen-bond donors (Lipinski definition) is 2. The van der Waals surface area contributed by atoms with E-state index in [0.29, 0.717) is 5.69 Å². The van der Waals surface area contributed by atoms with E-state index in [4.69, 9.17) is 10.8 Å². The maximum absolute atomic E-state index is 8.73. The van der Waals surface area contributed by atoms with Crippen LogP contribution in [-0.4, -0.2) is 5.11 Å². The molecule has 1 aromatic rings. The van der Waals surface area contributed by atoms with Crippen molar-refractivity contribution >= 4 is 5.69 Å². The molecule has 0 aromatic heterocycles. The number of rotatable bonds is 0. The molecule has 0 atom stereocenters. The largest absolute Gasteiger partial charge is 0.508 e. The molecule has 1 rings (SSSR count). The Morgan fingerprint density at radius 3 is 2.33 bits per heavy atom. The number of aromatic hydroxyl groups is 1. The second kappa shape index (κ2) is 3.93. The molecule has 3 heteroatoms. The first-order valence-electron chi connectivity index (χ1n) is 2.33. The zero-order valence-corrected chi connectivity index (χ0v) is 8.54. The summed E-state index contributed by atoms with van der Waals surface area (Å²) in [5, 5.41) is 8.73. The van der Waals surface area contributed by atoms with E-state index >= 15 is 0 Å². The maximum Gasteiger partial charge on any atom is 0.117 e. The van der Waals surface area contributed by atoms with Gasteiger partial charge in [-0.15, -0.1) is 0 Å². The summed E-state index contributed by atoms with van der Waals surface area (Å²) in [4.78, 5) is 0. The van der Waals surface area contributed by atoms with Gasteiger partial charge in [0, 0.05) is 47.4 Å². The molecule has 1 aromatic carbocycles. The minimum absolute atomic E-state index is 0. The van der Waals surface area contributed by atoms with Crippen molar-refractivity contribution in [2.45, 2.75) is 0 Å². The molecule has 0 bridgehead atoms. The summed E-state index contributed by atoms with van der Waals surface area (Å²) < 4.78 is 0. The quantitative estimate of drug-likeness (QED) is 0.672. The van der Waals surface area contributed by atoms with Crippen molar-refractivity contribution in [3.63, 3.8) is 0 Å². The topological polar surface area (TPSA) is 46.2 Å². The number of hydrogen-bond acceptors (Lipinski definition) is 2. The van der Waals surface area contributed by atoms with E-state index in [0.717, 1.165) is 0 Å². The predicted octanol–water partition coefficient (Wildman–Crippen LogP) is 0.974. The smallest absolute Gasteiger partial charge is 0.117 e. The Labute approximate surface area is 81.7 Å². The average Bonchev–Trinajstić information content (AvgIpc) is 1.64. The van der Waals surface area contributed by atoms with Crippen molar-refractivity contribution < 1.29 is 40.7 Å². The van der Waals surface area contributed by atoms with Crippen LogP contribution in [0.1, 0.15) is 0 Å². The molecule has 0 spiro atoms. The maximum atomic E-state index is 8.73. The molecule has 2 nitrogen and oxygen atoms in total. The fraction of sp³-hybridized carbons (Fsp3) is 0. The zero-order valence-electron chi connectivity index (χ0n) is 4.91. The van der Waals surface area contributed by atoms with E-state index in [2.05, 4.69) is 0 Å². The van der Waals surface area contributed by atoms with Crippen LogP contribution in [0.3, 0.4) is 0 Å². The first-order valence-corrected chi connectivity index (χ1v) is 2.33. The van der Waals surface area contributed by atoms with Gasteiger partial charge in [0.25, 0.3) is 0 Å². The van der Waals surface area contributed by atoms with Crippen LogP contribution in [0.25, 0.3) is 0 Å². The molecule has 0 saturated carbocycles. The average molecular weight is 248 g/mol. The van der Waals surface area contributed by atoms with E-state index < -0.39 is 0 Å². The summed E-state index contributed by atoms with van der Waals surface area (Å²) in [5.74, 6) is 0.213. The summed E-state index contributed by atoms with van der Waals surface area (Å²) in [7, 11) is 0. The Balaban J connectivity index is 0.000000640. The van der Waals surface area contributed by atoms with Crippen molar-refractivity contribution in [2.24, 2.45) is 0 Å². The van der Waals surface area contributed by atoms with Crippen LogP contribution in [0.2, 0.25) is 0 Å². The summed E-state index contributed by atoms with van der Waals surface area (Å²) >= 11 is 0. The van der Waals surface area contributed by atoms with Crippen molar-refractivity contribution in [1.82, 2.24) is 0 Å². The second-order valence-electron chi connectivity index (χ2n) is 1.59. The number of benzene rings is 1. The SMILES string of the molecule is Nc1cccc(O)c1.[La]. The molecule has 0 aliphatic carbocycles. The molecule has 1 radical (unpaired) electrons. The van der Waals surface area contributed by atoms with Gasteiger partial charge in [0.05, 0.1) is 0 Å². The zero-order chi connectivity index (χ0) is 5.98. The van der Waals surface area contributed by atoms with Gasteiger partial charge >= 0.3 is 0 Å². The summed E-state index contributed by atoms with van der Waals surface area (Å²) in [6.45, 7) is 0. The molecule has 0 aliphatic rings. The van der Waals surface area contributed by atoms with Crippen molar-refractivity contribution in [3.8, 4) is 5.75 Å². The Morgan fingerprint density at radius 2 is 2.00 bits per heavy atom. The van der Waals surface area contributed by atoms with Gasteiger partial charge in [0.1, 0.15) is 5.75 Å². The Bertz CT molecular complexity index is 173. The molecule has 0 fully saturated rings. The molecule has 3 N–H and O–H groups in total. The van der Waals surface area contributed by atoms with Gasteiger partial charge in [-0.2, -0.15) is 0 Å². The minimum Gasteiger partial charge on any atom is -0.508 e. The van der Waals surface area contributed by atoms with Crippen molar-refractivity contribution in [3.05, 3.63) is 24.3 Å². The Hall–Kier alpha value is 0.0148. The summed E-state index contributed by atoms with van der Waals surface area (Å²) in [6.07, 6.45) is 0. The third-order valence-corrected chi connectivity index (χ3v) is 0.870. The molecule has 0 saturated heterocycles. The minimum atomic E-state index is 0. The fourth-order valence-electron chi connectivity index (χ4n) is 0.525. The number of nitrogens with two attached hydrogens (primary N) is 1. The molecule has 9 heavy (non-hydrogen) atoms. The molecular weight excluding hydrogens is 241 g/mol. The van der Waals surface area contributed by atoms with Crippen molar-refractivity contribution in [2.75, 3.05) is 5.73 Å².